The Balaban J connectivity index is 1.33. The molecule has 1 amide bonds. The van der Waals surface area contributed by atoms with E-state index >= 15 is 0 Å². The lowest BCUT2D eigenvalue weighted by molar-refractivity contribution is -0.121. The van der Waals surface area contributed by atoms with Crippen LogP contribution in [0.1, 0.15) is 38.5 Å². The van der Waals surface area contributed by atoms with Gasteiger partial charge >= 0.3 is 0 Å². The second kappa shape index (κ2) is 9.53. The molecule has 26 heavy (non-hydrogen) atoms. The zero-order valence-corrected chi connectivity index (χ0v) is 15.6. The highest BCUT2D eigenvalue weighted by molar-refractivity contribution is 5.92. The van der Waals surface area contributed by atoms with Gasteiger partial charge in [0, 0.05) is 29.9 Å². The summed E-state index contributed by atoms with van der Waals surface area (Å²) in [5, 5.41) is 3.03. The number of amides is 1. The second-order valence-electron chi connectivity index (χ2n) is 7.03. The Labute approximate surface area is 156 Å². The van der Waals surface area contributed by atoms with E-state index in [0.717, 1.165) is 56.8 Å². The number of carbonyl (C=O) groups excluding carboxylic acids is 1. The van der Waals surface area contributed by atoms with E-state index in [0.29, 0.717) is 0 Å². The van der Waals surface area contributed by atoms with Gasteiger partial charge in [-0.3, -0.25) is 9.79 Å². The first-order valence-corrected chi connectivity index (χ1v) is 9.63. The predicted octanol–water partition coefficient (Wildman–Crippen LogP) is 3.87. The van der Waals surface area contributed by atoms with Gasteiger partial charge in [0.1, 0.15) is 5.75 Å². The van der Waals surface area contributed by atoms with Gasteiger partial charge in [-0.25, -0.2) is 0 Å². The first kappa shape index (κ1) is 18.6. The number of nitrogens with one attached hydrogen (secondary N) is 1. The van der Waals surface area contributed by atoms with Crippen LogP contribution in [0.5, 0.6) is 5.75 Å². The number of ether oxygens (including phenoxy) is 1. The molecule has 0 spiro atoms. The molecule has 1 saturated heterocycles. The molecule has 0 unspecified atom stereocenters. The first-order valence-electron chi connectivity index (χ1n) is 9.63. The molecule has 0 radical (unpaired) electrons. The topological polar surface area (TPSA) is 53.9 Å². The third-order valence-corrected chi connectivity index (χ3v) is 5.19. The van der Waals surface area contributed by atoms with Gasteiger partial charge < -0.3 is 15.0 Å². The molecule has 1 N–H and O–H groups in total. The molecule has 1 aromatic rings. The van der Waals surface area contributed by atoms with Gasteiger partial charge in [-0.15, -0.1) is 0 Å². The van der Waals surface area contributed by atoms with Gasteiger partial charge in [0.25, 0.3) is 0 Å². The van der Waals surface area contributed by atoms with Gasteiger partial charge in [0.2, 0.25) is 5.91 Å². The van der Waals surface area contributed by atoms with Gasteiger partial charge in [0.15, 0.2) is 0 Å². The van der Waals surface area contributed by atoms with E-state index in [2.05, 4.69) is 21.3 Å². The Morgan fingerprint density at radius 2 is 2.00 bits per heavy atom. The van der Waals surface area contributed by atoms with Gasteiger partial charge in [-0.05, 0) is 76.0 Å². The van der Waals surface area contributed by atoms with Crippen LogP contribution in [-0.2, 0) is 4.79 Å². The van der Waals surface area contributed by atoms with Gasteiger partial charge in [-0.1, -0.05) is 6.08 Å². The SMILES string of the molecule is COc1ccc(NC(=O)C2CCN(CCCCC3=CCC=N3)CC2)cc1. The van der Waals surface area contributed by atoms with E-state index in [9.17, 15) is 4.79 Å². The first-order chi connectivity index (χ1) is 12.7. The number of rotatable bonds is 8. The molecule has 2 heterocycles. The summed E-state index contributed by atoms with van der Waals surface area (Å²) in [5.74, 6) is 1.06. The maximum atomic E-state index is 12.5. The minimum atomic E-state index is 0.117. The third-order valence-electron chi connectivity index (χ3n) is 5.19. The second-order valence-corrected chi connectivity index (χ2v) is 7.03. The number of benzene rings is 1. The number of unbranched alkanes of at least 4 members (excludes halogenated alkanes) is 1. The highest BCUT2D eigenvalue weighted by atomic mass is 16.5. The lowest BCUT2D eigenvalue weighted by Crippen LogP contribution is -2.38. The van der Waals surface area contributed by atoms with Crippen molar-refractivity contribution in [1.82, 2.24) is 4.90 Å². The minimum absolute atomic E-state index is 0.117. The Hall–Kier alpha value is -2.14. The molecule has 5 nitrogen and oxygen atoms in total. The summed E-state index contributed by atoms with van der Waals surface area (Å²) in [4.78, 5) is 19.3. The molecular weight excluding hydrogens is 326 g/mol. The van der Waals surface area contributed by atoms with Crippen molar-refractivity contribution in [3.8, 4) is 5.75 Å². The quantitative estimate of drug-likeness (QED) is 0.720. The Morgan fingerprint density at radius 1 is 1.23 bits per heavy atom. The normalized spacial score (nSPS) is 18.0. The van der Waals surface area contributed by atoms with Crippen LogP contribution in [0.4, 0.5) is 5.69 Å². The summed E-state index contributed by atoms with van der Waals surface area (Å²) in [5.41, 5.74) is 2.08. The Morgan fingerprint density at radius 3 is 2.65 bits per heavy atom. The number of likely N-dealkylation sites (tertiary alicyclic amines) is 1. The number of piperidine rings is 1. The molecule has 1 fully saturated rings. The van der Waals surface area contributed by atoms with Crippen molar-refractivity contribution in [1.29, 1.82) is 0 Å². The highest BCUT2D eigenvalue weighted by Gasteiger charge is 2.24. The fraction of sp³-hybridized carbons (Fsp3) is 0.524. The molecule has 2 aliphatic heterocycles. The lowest BCUT2D eigenvalue weighted by atomic mass is 9.95. The average molecular weight is 355 g/mol. The van der Waals surface area contributed by atoms with E-state index in [-0.39, 0.29) is 11.8 Å². The molecule has 0 saturated carbocycles. The molecular formula is C21H29N3O2. The smallest absolute Gasteiger partial charge is 0.227 e. The van der Waals surface area contributed by atoms with Crippen LogP contribution in [0.2, 0.25) is 0 Å². The van der Waals surface area contributed by atoms with Crippen molar-refractivity contribution in [2.75, 3.05) is 32.1 Å². The fourth-order valence-corrected chi connectivity index (χ4v) is 3.56. The Kier molecular flexibility index (Phi) is 6.83. The molecule has 2 aliphatic rings. The molecule has 0 aliphatic carbocycles. The summed E-state index contributed by atoms with van der Waals surface area (Å²) in [7, 11) is 1.64. The van der Waals surface area contributed by atoms with Crippen molar-refractivity contribution >= 4 is 17.8 Å². The standard InChI is InChI=1S/C21H29N3O2/c1-26-20-9-7-19(8-10-20)23-21(25)17-11-15-24(16-12-17)14-3-2-5-18-6-4-13-22-18/h6-10,13,17H,2-5,11-12,14-16H2,1H3,(H,23,25). The fourth-order valence-electron chi connectivity index (χ4n) is 3.56. The van der Waals surface area contributed by atoms with Gasteiger partial charge in [-0.2, -0.15) is 0 Å². The summed E-state index contributed by atoms with van der Waals surface area (Å²) < 4.78 is 5.14. The van der Waals surface area contributed by atoms with Crippen LogP contribution in [0.15, 0.2) is 41.0 Å². The van der Waals surface area contributed by atoms with Crippen molar-refractivity contribution in [2.45, 2.75) is 38.5 Å². The van der Waals surface area contributed by atoms with Crippen LogP contribution < -0.4 is 10.1 Å². The molecule has 0 bridgehead atoms. The van der Waals surface area contributed by atoms with E-state index in [4.69, 9.17) is 4.74 Å². The van der Waals surface area contributed by atoms with E-state index in [1.54, 1.807) is 7.11 Å². The number of nitrogens with zero attached hydrogens (tertiary/aromatic N) is 2. The molecule has 5 heteroatoms. The summed E-state index contributed by atoms with van der Waals surface area (Å²) in [6, 6.07) is 7.50. The summed E-state index contributed by atoms with van der Waals surface area (Å²) in [6.07, 6.45) is 10.6. The maximum Gasteiger partial charge on any atom is 0.227 e. The number of allylic oxidation sites excluding steroid dienone is 2. The number of hydrogen-bond acceptors (Lipinski definition) is 4. The Bertz CT molecular complexity index is 644. The van der Waals surface area contributed by atoms with Crippen LogP contribution in [-0.4, -0.2) is 43.8 Å². The third kappa shape index (κ3) is 5.43. The van der Waals surface area contributed by atoms with Crippen molar-refractivity contribution < 1.29 is 9.53 Å². The number of hydrogen-bond donors (Lipinski definition) is 1. The largest absolute Gasteiger partial charge is 0.497 e. The number of anilines is 1. The van der Waals surface area contributed by atoms with Crippen molar-refractivity contribution in [3.63, 3.8) is 0 Å². The number of methoxy groups -OCH3 is 1. The average Bonchev–Trinajstić information content (AvgIpc) is 3.20. The zero-order valence-electron chi connectivity index (χ0n) is 15.6. The molecule has 1 aromatic carbocycles. The van der Waals surface area contributed by atoms with E-state index in [1.165, 1.54) is 18.5 Å². The summed E-state index contributed by atoms with van der Waals surface area (Å²) >= 11 is 0. The summed E-state index contributed by atoms with van der Waals surface area (Å²) in [6.45, 7) is 3.16. The number of aliphatic imine (C=N–C) groups is 1. The lowest BCUT2D eigenvalue weighted by Gasteiger charge is -2.31. The van der Waals surface area contributed by atoms with E-state index in [1.807, 2.05) is 30.5 Å². The molecule has 0 aromatic heterocycles. The minimum Gasteiger partial charge on any atom is -0.497 e. The van der Waals surface area contributed by atoms with Crippen LogP contribution in [0, 0.1) is 5.92 Å². The number of carbonyl (C=O) groups is 1. The molecule has 3 rings (SSSR count). The van der Waals surface area contributed by atoms with Crippen LogP contribution in [0.3, 0.4) is 0 Å². The molecule has 140 valence electrons. The van der Waals surface area contributed by atoms with E-state index < -0.39 is 0 Å². The monoisotopic (exact) mass is 355 g/mol. The van der Waals surface area contributed by atoms with Crippen molar-refractivity contribution in [2.24, 2.45) is 10.9 Å². The van der Waals surface area contributed by atoms with Crippen LogP contribution >= 0.6 is 0 Å². The van der Waals surface area contributed by atoms with Crippen molar-refractivity contribution in [3.05, 3.63) is 36.0 Å². The maximum absolute atomic E-state index is 12.5. The zero-order chi connectivity index (χ0) is 18.2. The molecule has 0 atom stereocenters. The predicted molar refractivity (Wildman–Crippen MR) is 106 cm³/mol. The van der Waals surface area contributed by atoms with Crippen LogP contribution in [0.25, 0.3) is 0 Å². The van der Waals surface area contributed by atoms with Gasteiger partial charge in [0.05, 0.1) is 7.11 Å². The highest BCUT2D eigenvalue weighted by Crippen LogP contribution is 2.21.